The largest absolute Gasteiger partial charge is 0.460 e. The summed E-state index contributed by atoms with van der Waals surface area (Å²) in [6.07, 6.45) is -3.28. The molecule has 0 aliphatic rings. The molecule has 1 unspecified atom stereocenters. The fourth-order valence-electron chi connectivity index (χ4n) is 2.44. The zero-order valence-electron chi connectivity index (χ0n) is 16.6. The topological polar surface area (TPSA) is 38.2 Å². The summed E-state index contributed by atoms with van der Waals surface area (Å²) in [6, 6.07) is 7.34. The maximum atomic E-state index is 13.5. The summed E-state index contributed by atoms with van der Waals surface area (Å²) in [6.45, 7) is 9.97. The van der Waals surface area contributed by atoms with E-state index in [2.05, 4.69) is 30.7 Å². The fourth-order valence-corrected chi connectivity index (χ4v) is 2.44. The van der Waals surface area contributed by atoms with Crippen LogP contribution in [0.4, 0.5) is 24.7 Å². The first-order valence-corrected chi connectivity index (χ1v) is 8.88. The Balaban J connectivity index is 2.45. The van der Waals surface area contributed by atoms with Gasteiger partial charge < -0.3 is 9.64 Å². The lowest BCUT2D eigenvalue weighted by molar-refractivity contribution is -0.137. The molecule has 4 nitrogen and oxygen atoms in total. The van der Waals surface area contributed by atoms with E-state index in [1.165, 1.54) is 4.90 Å². The van der Waals surface area contributed by atoms with Crippen molar-refractivity contribution in [2.75, 3.05) is 11.9 Å². The van der Waals surface area contributed by atoms with Crippen LogP contribution >= 0.6 is 0 Å². The van der Waals surface area contributed by atoms with Crippen molar-refractivity contribution in [2.24, 2.45) is 0 Å². The zero-order valence-corrected chi connectivity index (χ0v) is 16.6. The highest BCUT2D eigenvalue weighted by molar-refractivity contribution is 5.63. The van der Waals surface area contributed by atoms with Crippen molar-refractivity contribution in [1.82, 2.24) is 9.97 Å². The van der Waals surface area contributed by atoms with Crippen molar-refractivity contribution in [1.29, 1.82) is 0 Å². The molecule has 0 bridgehead atoms. The lowest BCUT2D eigenvalue weighted by Gasteiger charge is -2.24. The first-order chi connectivity index (χ1) is 12.4. The molecule has 0 saturated carbocycles. The number of aromatic nitrogens is 2. The van der Waals surface area contributed by atoms with Crippen LogP contribution in [0.5, 0.6) is 6.01 Å². The molecule has 0 amide bonds. The summed E-state index contributed by atoms with van der Waals surface area (Å²) in [5.41, 5.74) is 0.753. The number of ether oxygens (including phenoxy) is 1. The van der Waals surface area contributed by atoms with Crippen molar-refractivity contribution in [3.8, 4) is 6.01 Å². The highest BCUT2D eigenvalue weighted by atomic mass is 19.4. The van der Waals surface area contributed by atoms with Gasteiger partial charge in [-0.15, -0.1) is 0 Å². The van der Waals surface area contributed by atoms with E-state index in [1.54, 1.807) is 19.2 Å². The van der Waals surface area contributed by atoms with Crippen LogP contribution in [0.2, 0.25) is 0 Å². The number of halogens is 3. The van der Waals surface area contributed by atoms with Crippen LogP contribution in [0.1, 0.15) is 52.2 Å². The van der Waals surface area contributed by atoms with Crippen molar-refractivity contribution in [3.63, 3.8) is 0 Å². The predicted molar refractivity (Wildman–Crippen MR) is 101 cm³/mol. The average molecular weight is 381 g/mol. The summed E-state index contributed by atoms with van der Waals surface area (Å²) in [7, 11) is 1.55. The molecule has 1 atom stereocenters. The minimum atomic E-state index is -4.57. The maximum Gasteiger partial charge on any atom is 0.421 e. The van der Waals surface area contributed by atoms with E-state index in [4.69, 9.17) is 4.74 Å². The van der Waals surface area contributed by atoms with E-state index < -0.39 is 11.7 Å². The highest BCUT2D eigenvalue weighted by Gasteiger charge is 2.37. The Hall–Kier alpha value is -2.31. The van der Waals surface area contributed by atoms with E-state index in [-0.39, 0.29) is 23.3 Å². The maximum absolute atomic E-state index is 13.5. The molecule has 1 heterocycles. The normalized spacial score (nSPS) is 13.4. The van der Waals surface area contributed by atoms with E-state index >= 15 is 0 Å². The van der Waals surface area contributed by atoms with E-state index in [0.717, 1.165) is 11.8 Å². The number of nitrogens with zero attached hydrogens (tertiary/aromatic N) is 3. The molecule has 1 aromatic heterocycles. The second-order valence-electron chi connectivity index (χ2n) is 7.58. The van der Waals surface area contributed by atoms with Crippen molar-refractivity contribution in [2.45, 2.75) is 58.7 Å². The molecule has 2 rings (SSSR count). The lowest BCUT2D eigenvalue weighted by Crippen LogP contribution is -2.21. The molecule has 7 heteroatoms. The minimum absolute atomic E-state index is 0.0412. The molecular weight excluding hydrogens is 355 g/mol. The van der Waals surface area contributed by atoms with Gasteiger partial charge in [0.1, 0.15) is 5.56 Å². The van der Waals surface area contributed by atoms with Gasteiger partial charge in [-0.05, 0) is 36.5 Å². The van der Waals surface area contributed by atoms with Crippen LogP contribution in [0.15, 0.2) is 30.5 Å². The Labute approximate surface area is 158 Å². The zero-order chi connectivity index (χ0) is 20.4. The first kappa shape index (κ1) is 21.0. The molecule has 2 aromatic rings. The van der Waals surface area contributed by atoms with E-state index in [1.807, 2.05) is 26.0 Å². The number of hydrogen-bond acceptors (Lipinski definition) is 4. The van der Waals surface area contributed by atoms with Crippen LogP contribution in [0.25, 0.3) is 0 Å². The van der Waals surface area contributed by atoms with Gasteiger partial charge in [0, 0.05) is 18.9 Å². The van der Waals surface area contributed by atoms with Gasteiger partial charge in [-0.2, -0.15) is 18.2 Å². The molecule has 27 heavy (non-hydrogen) atoms. The lowest BCUT2D eigenvalue weighted by atomic mass is 9.87. The van der Waals surface area contributed by atoms with Crippen LogP contribution in [0.3, 0.4) is 0 Å². The van der Waals surface area contributed by atoms with E-state index in [9.17, 15) is 13.2 Å². The van der Waals surface area contributed by atoms with E-state index in [0.29, 0.717) is 12.1 Å². The predicted octanol–water partition coefficient (Wildman–Crippen LogP) is 5.74. The molecular formula is C20H26F3N3O. The van der Waals surface area contributed by atoms with Crippen molar-refractivity contribution < 1.29 is 17.9 Å². The standard InChI is InChI=1S/C20H26F3N3O/c1-7-13(2)27-18-24-12-16(20(21,22)23)17(25-18)26(6)15-10-8-14(9-11-15)19(3,4)5/h8-13H,7H2,1-6H3. The molecule has 0 fully saturated rings. The second-order valence-corrected chi connectivity index (χ2v) is 7.58. The SMILES string of the molecule is CCC(C)Oc1ncc(C(F)(F)F)c(N(C)c2ccc(C(C)(C)C)cc2)n1. The van der Waals surface area contributed by atoms with Crippen LogP contribution in [0, 0.1) is 0 Å². The summed E-state index contributed by atoms with van der Waals surface area (Å²) in [4.78, 5) is 9.19. The Morgan fingerprint density at radius 1 is 1.11 bits per heavy atom. The summed E-state index contributed by atoms with van der Waals surface area (Å²) < 4.78 is 45.9. The fraction of sp³-hybridized carbons (Fsp3) is 0.500. The van der Waals surface area contributed by atoms with Gasteiger partial charge in [0.15, 0.2) is 5.82 Å². The number of alkyl halides is 3. The van der Waals surface area contributed by atoms with Crippen LogP contribution in [-0.4, -0.2) is 23.1 Å². The Bertz CT molecular complexity index is 768. The molecule has 1 aromatic carbocycles. The molecule has 0 N–H and O–H groups in total. The van der Waals surface area contributed by atoms with Crippen molar-refractivity contribution >= 4 is 11.5 Å². The third kappa shape index (κ3) is 5.11. The van der Waals surface area contributed by atoms with Gasteiger partial charge in [-0.25, -0.2) is 4.98 Å². The molecule has 0 saturated heterocycles. The monoisotopic (exact) mass is 381 g/mol. The summed E-state index contributed by atoms with van der Waals surface area (Å²) >= 11 is 0. The quantitative estimate of drug-likeness (QED) is 0.662. The molecule has 0 aliphatic carbocycles. The van der Waals surface area contributed by atoms with Crippen LogP contribution in [-0.2, 0) is 11.6 Å². The third-order valence-electron chi connectivity index (χ3n) is 4.37. The highest BCUT2D eigenvalue weighted by Crippen LogP contribution is 2.38. The third-order valence-corrected chi connectivity index (χ3v) is 4.37. The van der Waals surface area contributed by atoms with Gasteiger partial charge in [0.25, 0.3) is 0 Å². The second kappa shape index (κ2) is 7.74. The van der Waals surface area contributed by atoms with Crippen LogP contribution < -0.4 is 9.64 Å². The first-order valence-electron chi connectivity index (χ1n) is 8.88. The number of benzene rings is 1. The smallest absolute Gasteiger partial charge is 0.421 e. The van der Waals surface area contributed by atoms with Gasteiger partial charge in [-0.3, -0.25) is 0 Å². The molecule has 0 spiro atoms. The summed E-state index contributed by atoms with van der Waals surface area (Å²) in [5, 5.41) is 0. The van der Waals surface area contributed by atoms with Gasteiger partial charge in [0.2, 0.25) is 0 Å². The summed E-state index contributed by atoms with van der Waals surface area (Å²) in [5.74, 6) is -0.237. The van der Waals surface area contributed by atoms with Gasteiger partial charge >= 0.3 is 12.2 Å². The molecule has 148 valence electrons. The minimum Gasteiger partial charge on any atom is -0.460 e. The number of anilines is 2. The average Bonchev–Trinajstić information content (AvgIpc) is 2.59. The number of rotatable bonds is 5. The Morgan fingerprint density at radius 2 is 1.70 bits per heavy atom. The Kier molecular flexibility index (Phi) is 6.02. The number of hydrogen-bond donors (Lipinski definition) is 0. The molecule has 0 radical (unpaired) electrons. The Morgan fingerprint density at radius 3 is 2.19 bits per heavy atom. The van der Waals surface area contributed by atoms with Gasteiger partial charge in [-0.1, -0.05) is 39.8 Å². The molecule has 0 aliphatic heterocycles. The van der Waals surface area contributed by atoms with Gasteiger partial charge in [0.05, 0.1) is 6.10 Å². The van der Waals surface area contributed by atoms with Crippen molar-refractivity contribution in [3.05, 3.63) is 41.6 Å².